The van der Waals surface area contributed by atoms with Crippen LogP contribution in [0, 0.1) is 6.92 Å². The van der Waals surface area contributed by atoms with Crippen molar-refractivity contribution < 1.29 is 0 Å². The number of aromatic nitrogens is 1. The molecule has 0 amide bonds. The second-order valence-corrected chi connectivity index (χ2v) is 4.53. The number of nitrogens with zero attached hydrogens (tertiary/aromatic N) is 1. The monoisotopic (exact) mass is 167 g/mol. The molecule has 1 aliphatic carbocycles. The van der Waals surface area contributed by atoms with E-state index < -0.39 is 0 Å². The maximum absolute atomic E-state index is 4.28. The Morgan fingerprint density at radius 1 is 1.45 bits per heavy atom. The van der Waals surface area contributed by atoms with Gasteiger partial charge < -0.3 is 0 Å². The average molecular weight is 167 g/mol. The zero-order chi connectivity index (χ0) is 7.68. The molecule has 0 aromatic carbocycles. The lowest BCUT2D eigenvalue weighted by Gasteiger charge is -2.02. The van der Waals surface area contributed by atoms with Gasteiger partial charge in [-0.1, -0.05) is 12.8 Å². The lowest BCUT2D eigenvalue weighted by molar-refractivity contribution is 0.736. The minimum absolute atomic E-state index is 0.848. The highest BCUT2D eigenvalue weighted by Gasteiger charge is 2.18. The molecule has 0 saturated heterocycles. The molecule has 0 bridgehead atoms. The Labute approximate surface area is 71.5 Å². The second kappa shape index (κ2) is 2.94. The van der Waals surface area contributed by atoms with E-state index in [1.165, 1.54) is 35.6 Å². The SMILES string of the molecule is Cc1ncc(C2CCCC2)s1. The van der Waals surface area contributed by atoms with Gasteiger partial charge in [0.1, 0.15) is 0 Å². The van der Waals surface area contributed by atoms with E-state index in [9.17, 15) is 0 Å². The van der Waals surface area contributed by atoms with E-state index >= 15 is 0 Å². The summed E-state index contributed by atoms with van der Waals surface area (Å²) in [4.78, 5) is 5.79. The zero-order valence-corrected chi connectivity index (χ0v) is 7.66. The molecule has 2 heteroatoms. The van der Waals surface area contributed by atoms with E-state index in [0.29, 0.717) is 0 Å². The van der Waals surface area contributed by atoms with Crippen molar-refractivity contribution in [3.05, 3.63) is 16.1 Å². The normalized spacial score (nSPS) is 19.4. The molecule has 0 atom stereocenters. The Bertz CT molecular complexity index is 235. The molecule has 1 nitrogen and oxygen atoms in total. The van der Waals surface area contributed by atoms with Crippen LogP contribution in [0.2, 0.25) is 0 Å². The zero-order valence-electron chi connectivity index (χ0n) is 6.84. The Kier molecular flexibility index (Phi) is 1.95. The molecule has 0 unspecified atom stereocenters. The van der Waals surface area contributed by atoms with Crippen molar-refractivity contribution in [3.63, 3.8) is 0 Å². The van der Waals surface area contributed by atoms with Crippen molar-refractivity contribution in [3.8, 4) is 0 Å². The van der Waals surface area contributed by atoms with Crippen LogP contribution < -0.4 is 0 Å². The number of hydrogen-bond donors (Lipinski definition) is 0. The molecule has 1 saturated carbocycles. The van der Waals surface area contributed by atoms with Gasteiger partial charge in [-0.3, -0.25) is 0 Å². The fourth-order valence-electron chi connectivity index (χ4n) is 1.78. The van der Waals surface area contributed by atoms with E-state index in [1.54, 1.807) is 0 Å². The lowest BCUT2D eigenvalue weighted by atomic mass is 10.1. The standard InChI is InChI=1S/C9H13NS/c1-7-10-6-9(11-7)8-4-2-3-5-8/h6,8H,2-5H2,1H3. The van der Waals surface area contributed by atoms with Gasteiger partial charge in [0, 0.05) is 11.1 Å². The Balaban J connectivity index is 2.15. The summed E-state index contributed by atoms with van der Waals surface area (Å²) in [5.41, 5.74) is 0. The highest BCUT2D eigenvalue weighted by atomic mass is 32.1. The third-order valence-corrected chi connectivity index (χ3v) is 3.47. The van der Waals surface area contributed by atoms with Crippen LogP contribution in [0.5, 0.6) is 0 Å². The third kappa shape index (κ3) is 1.45. The minimum Gasteiger partial charge on any atom is -0.250 e. The van der Waals surface area contributed by atoms with Crippen molar-refractivity contribution in [2.75, 3.05) is 0 Å². The fourth-order valence-corrected chi connectivity index (χ4v) is 2.73. The van der Waals surface area contributed by atoms with E-state index in [-0.39, 0.29) is 0 Å². The molecule has 1 aromatic heterocycles. The minimum atomic E-state index is 0.848. The number of hydrogen-bond acceptors (Lipinski definition) is 2. The maximum atomic E-state index is 4.28. The predicted octanol–water partition coefficient (Wildman–Crippen LogP) is 3.11. The summed E-state index contributed by atoms with van der Waals surface area (Å²) in [5.74, 6) is 0.848. The lowest BCUT2D eigenvalue weighted by Crippen LogP contribution is -1.85. The van der Waals surface area contributed by atoms with Crippen LogP contribution in [-0.4, -0.2) is 4.98 Å². The van der Waals surface area contributed by atoms with E-state index in [1.807, 2.05) is 11.3 Å². The molecule has 2 rings (SSSR count). The van der Waals surface area contributed by atoms with E-state index in [4.69, 9.17) is 0 Å². The summed E-state index contributed by atoms with van der Waals surface area (Å²) in [6.07, 6.45) is 7.68. The molecule has 1 heterocycles. The Morgan fingerprint density at radius 3 is 2.73 bits per heavy atom. The summed E-state index contributed by atoms with van der Waals surface area (Å²) < 4.78 is 0. The summed E-state index contributed by atoms with van der Waals surface area (Å²) in [7, 11) is 0. The van der Waals surface area contributed by atoms with Crippen LogP contribution >= 0.6 is 11.3 Å². The van der Waals surface area contributed by atoms with Crippen LogP contribution in [0.4, 0.5) is 0 Å². The summed E-state index contributed by atoms with van der Waals surface area (Å²) in [6.45, 7) is 2.09. The van der Waals surface area contributed by atoms with Gasteiger partial charge in [-0.05, 0) is 25.7 Å². The molecular formula is C9H13NS. The third-order valence-electron chi connectivity index (χ3n) is 2.40. The quantitative estimate of drug-likeness (QED) is 0.626. The average Bonchev–Trinajstić information content (AvgIpc) is 2.55. The van der Waals surface area contributed by atoms with Gasteiger partial charge in [0.25, 0.3) is 0 Å². The first kappa shape index (κ1) is 7.29. The smallest absolute Gasteiger partial charge is 0.0896 e. The van der Waals surface area contributed by atoms with Gasteiger partial charge in [-0.25, -0.2) is 4.98 Å². The maximum Gasteiger partial charge on any atom is 0.0896 e. The number of thiazole rings is 1. The second-order valence-electron chi connectivity index (χ2n) is 3.26. The van der Waals surface area contributed by atoms with E-state index in [2.05, 4.69) is 18.1 Å². The molecule has 60 valence electrons. The van der Waals surface area contributed by atoms with Crippen LogP contribution in [0.25, 0.3) is 0 Å². The summed E-state index contributed by atoms with van der Waals surface area (Å²) in [5, 5.41) is 1.21. The first-order chi connectivity index (χ1) is 5.36. The molecule has 11 heavy (non-hydrogen) atoms. The van der Waals surface area contributed by atoms with Crippen LogP contribution in [-0.2, 0) is 0 Å². The number of rotatable bonds is 1. The molecule has 1 aromatic rings. The molecule has 0 N–H and O–H groups in total. The Hall–Kier alpha value is -0.370. The molecule has 1 aliphatic rings. The van der Waals surface area contributed by atoms with Crippen LogP contribution in [0.3, 0.4) is 0 Å². The highest BCUT2D eigenvalue weighted by molar-refractivity contribution is 7.11. The van der Waals surface area contributed by atoms with Crippen LogP contribution in [0.1, 0.15) is 41.5 Å². The van der Waals surface area contributed by atoms with Crippen molar-refractivity contribution >= 4 is 11.3 Å². The largest absolute Gasteiger partial charge is 0.250 e. The van der Waals surface area contributed by atoms with Crippen molar-refractivity contribution in [2.45, 2.75) is 38.5 Å². The summed E-state index contributed by atoms with van der Waals surface area (Å²) in [6, 6.07) is 0. The highest BCUT2D eigenvalue weighted by Crippen LogP contribution is 2.36. The fraction of sp³-hybridized carbons (Fsp3) is 0.667. The first-order valence-corrected chi connectivity index (χ1v) is 5.10. The van der Waals surface area contributed by atoms with Gasteiger partial charge in [-0.15, -0.1) is 11.3 Å². The summed E-state index contributed by atoms with van der Waals surface area (Å²) >= 11 is 1.87. The number of aryl methyl sites for hydroxylation is 1. The Morgan fingerprint density at radius 2 is 2.18 bits per heavy atom. The van der Waals surface area contributed by atoms with Gasteiger partial charge in [0.2, 0.25) is 0 Å². The molecule has 0 aliphatic heterocycles. The van der Waals surface area contributed by atoms with E-state index in [0.717, 1.165) is 5.92 Å². The first-order valence-electron chi connectivity index (χ1n) is 4.28. The topological polar surface area (TPSA) is 12.9 Å². The van der Waals surface area contributed by atoms with Crippen molar-refractivity contribution in [1.82, 2.24) is 4.98 Å². The molecule has 0 radical (unpaired) electrons. The van der Waals surface area contributed by atoms with Crippen LogP contribution in [0.15, 0.2) is 6.20 Å². The van der Waals surface area contributed by atoms with Crippen molar-refractivity contribution in [1.29, 1.82) is 0 Å². The van der Waals surface area contributed by atoms with Gasteiger partial charge >= 0.3 is 0 Å². The van der Waals surface area contributed by atoms with Gasteiger partial charge in [0.15, 0.2) is 0 Å². The van der Waals surface area contributed by atoms with Crippen molar-refractivity contribution in [2.24, 2.45) is 0 Å². The molecular weight excluding hydrogens is 154 g/mol. The van der Waals surface area contributed by atoms with Gasteiger partial charge in [0.05, 0.1) is 5.01 Å². The van der Waals surface area contributed by atoms with Gasteiger partial charge in [-0.2, -0.15) is 0 Å². The molecule has 1 fully saturated rings. The predicted molar refractivity (Wildman–Crippen MR) is 48.1 cm³/mol. The molecule has 0 spiro atoms.